The van der Waals surface area contributed by atoms with Crippen molar-refractivity contribution in [2.24, 2.45) is 11.0 Å². The predicted molar refractivity (Wildman–Crippen MR) is 68.5 cm³/mol. The van der Waals surface area contributed by atoms with Gasteiger partial charge in [0.1, 0.15) is 11.6 Å². The van der Waals surface area contributed by atoms with Gasteiger partial charge in [0.15, 0.2) is 0 Å². The molecule has 0 N–H and O–H groups in total. The van der Waals surface area contributed by atoms with E-state index in [1.165, 1.54) is 4.90 Å². The van der Waals surface area contributed by atoms with Crippen LogP contribution < -0.4 is 4.90 Å². The summed E-state index contributed by atoms with van der Waals surface area (Å²) in [7, 11) is 0. The second kappa shape index (κ2) is 5.54. The fraction of sp³-hybridized carbons (Fsp3) is 0.364. The van der Waals surface area contributed by atoms with Crippen molar-refractivity contribution in [2.45, 2.75) is 6.42 Å². The molecule has 1 amide bonds. The van der Waals surface area contributed by atoms with Crippen molar-refractivity contribution in [3.05, 3.63) is 38.7 Å². The largest absolute Gasteiger partial charge is 0.309 e. The lowest BCUT2D eigenvalue weighted by Crippen LogP contribution is -2.26. The van der Waals surface area contributed by atoms with E-state index < -0.39 is 11.6 Å². The minimum atomic E-state index is -0.675. The first kappa shape index (κ1) is 13.8. The topological polar surface area (TPSA) is 69.1 Å². The first-order valence-corrected chi connectivity index (χ1v) is 6.28. The number of azide groups is 1. The van der Waals surface area contributed by atoms with Crippen LogP contribution in [0.4, 0.5) is 14.5 Å². The van der Waals surface area contributed by atoms with Gasteiger partial charge in [-0.1, -0.05) is 5.11 Å². The number of nitrogens with zero attached hydrogens (tertiary/aromatic N) is 4. The molecule has 1 aliphatic heterocycles. The minimum Gasteiger partial charge on any atom is -0.309 e. The average Bonchev–Trinajstić information content (AvgIpc) is 2.72. The van der Waals surface area contributed by atoms with Crippen molar-refractivity contribution in [3.63, 3.8) is 0 Å². The molecule has 8 heteroatoms. The quantitative estimate of drug-likeness (QED) is 0.362. The Kier molecular flexibility index (Phi) is 4.01. The first-order chi connectivity index (χ1) is 9.02. The lowest BCUT2D eigenvalue weighted by molar-refractivity contribution is -0.117. The van der Waals surface area contributed by atoms with E-state index >= 15 is 0 Å². The Labute approximate surface area is 116 Å². The van der Waals surface area contributed by atoms with Crippen LogP contribution in [0, 0.1) is 17.6 Å². The third kappa shape index (κ3) is 2.85. The van der Waals surface area contributed by atoms with E-state index in [-0.39, 0.29) is 41.5 Å². The van der Waals surface area contributed by atoms with Crippen LogP contribution in [0.2, 0.25) is 0 Å². The van der Waals surface area contributed by atoms with Gasteiger partial charge < -0.3 is 4.90 Å². The summed E-state index contributed by atoms with van der Waals surface area (Å²) in [6.07, 6.45) is 0.163. The summed E-state index contributed by atoms with van der Waals surface area (Å²) >= 11 is 2.88. The van der Waals surface area contributed by atoms with Gasteiger partial charge in [-0.15, -0.1) is 0 Å². The van der Waals surface area contributed by atoms with Crippen molar-refractivity contribution in [3.8, 4) is 0 Å². The van der Waals surface area contributed by atoms with Crippen LogP contribution in [0.1, 0.15) is 6.42 Å². The van der Waals surface area contributed by atoms with Crippen molar-refractivity contribution in [1.82, 2.24) is 0 Å². The number of carbonyl (C=O) groups is 1. The molecule has 2 rings (SSSR count). The van der Waals surface area contributed by atoms with E-state index in [1.807, 2.05) is 0 Å². The number of hydrogen-bond acceptors (Lipinski definition) is 2. The van der Waals surface area contributed by atoms with Gasteiger partial charge in [0.2, 0.25) is 5.91 Å². The number of carbonyl (C=O) groups excluding carboxylic acids is 1. The number of halogens is 3. The Hall–Kier alpha value is -1.66. The molecular weight excluding hydrogens is 322 g/mol. The summed E-state index contributed by atoms with van der Waals surface area (Å²) < 4.78 is 27.2. The van der Waals surface area contributed by atoms with E-state index in [2.05, 4.69) is 26.0 Å². The molecule has 1 atom stereocenters. The first-order valence-electron chi connectivity index (χ1n) is 5.48. The van der Waals surface area contributed by atoms with Gasteiger partial charge in [0, 0.05) is 30.5 Å². The summed E-state index contributed by atoms with van der Waals surface area (Å²) in [6.45, 7) is 0.384. The summed E-state index contributed by atoms with van der Waals surface area (Å²) in [6, 6.07) is 1.96. The number of rotatable bonds is 3. The molecule has 1 fully saturated rings. The molecule has 5 nitrogen and oxygen atoms in total. The molecule has 0 radical (unpaired) electrons. The van der Waals surface area contributed by atoms with Crippen molar-refractivity contribution < 1.29 is 13.6 Å². The Morgan fingerprint density at radius 1 is 1.47 bits per heavy atom. The zero-order chi connectivity index (χ0) is 14.0. The highest BCUT2D eigenvalue weighted by molar-refractivity contribution is 9.10. The van der Waals surface area contributed by atoms with Crippen LogP contribution in [0.3, 0.4) is 0 Å². The molecule has 1 aromatic rings. The molecule has 0 saturated carbocycles. The molecule has 0 bridgehead atoms. The standard InChI is InChI=1S/C11H9BrF2N4O/c12-7-2-9(14)10(3-8(7)13)18-5-6(1-11(18)19)4-16-17-15/h2-3,6H,1,4-5H2. The van der Waals surface area contributed by atoms with Gasteiger partial charge in [0.05, 0.1) is 10.2 Å². The molecule has 1 heterocycles. The molecule has 0 spiro atoms. The maximum absolute atomic E-state index is 13.8. The van der Waals surface area contributed by atoms with Gasteiger partial charge in [0.25, 0.3) is 0 Å². The van der Waals surface area contributed by atoms with Gasteiger partial charge in [-0.05, 0) is 33.4 Å². The van der Waals surface area contributed by atoms with E-state index in [9.17, 15) is 13.6 Å². The number of anilines is 1. The fourth-order valence-corrected chi connectivity index (χ4v) is 2.32. The van der Waals surface area contributed by atoms with Crippen LogP contribution in [0.25, 0.3) is 10.4 Å². The molecule has 1 saturated heterocycles. The number of amides is 1. The molecule has 100 valence electrons. The third-order valence-corrected chi connectivity index (χ3v) is 3.50. The Balaban J connectivity index is 2.25. The molecule has 0 aromatic heterocycles. The van der Waals surface area contributed by atoms with Gasteiger partial charge in [-0.2, -0.15) is 0 Å². The highest BCUT2D eigenvalue weighted by atomic mass is 79.9. The van der Waals surface area contributed by atoms with E-state index in [0.29, 0.717) is 0 Å². The van der Waals surface area contributed by atoms with Crippen LogP contribution in [0.5, 0.6) is 0 Å². The summed E-state index contributed by atoms with van der Waals surface area (Å²) in [5.74, 6) is -1.79. The van der Waals surface area contributed by atoms with Crippen LogP contribution in [0.15, 0.2) is 21.7 Å². The molecule has 19 heavy (non-hydrogen) atoms. The SMILES string of the molecule is [N-]=[N+]=NCC1CC(=O)N(c2cc(F)c(Br)cc2F)C1. The molecular formula is C11H9BrF2N4O. The van der Waals surface area contributed by atoms with Gasteiger partial charge in [-0.3, -0.25) is 4.79 Å². The Morgan fingerprint density at radius 3 is 2.89 bits per heavy atom. The lowest BCUT2D eigenvalue weighted by Gasteiger charge is -2.17. The molecule has 1 aliphatic rings. The fourth-order valence-electron chi connectivity index (χ4n) is 2.01. The average molecular weight is 331 g/mol. The summed E-state index contributed by atoms with van der Waals surface area (Å²) in [5.41, 5.74) is 8.14. The molecule has 1 aromatic carbocycles. The van der Waals surface area contributed by atoms with Crippen LogP contribution in [-0.2, 0) is 4.79 Å². The lowest BCUT2D eigenvalue weighted by atomic mass is 10.1. The second-order valence-electron chi connectivity index (χ2n) is 4.21. The van der Waals surface area contributed by atoms with E-state index in [0.717, 1.165) is 12.1 Å². The van der Waals surface area contributed by atoms with Crippen molar-refractivity contribution in [1.29, 1.82) is 0 Å². The summed E-state index contributed by atoms with van der Waals surface area (Å²) in [4.78, 5) is 15.6. The summed E-state index contributed by atoms with van der Waals surface area (Å²) in [5, 5.41) is 3.40. The minimum absolute atomic E-state index is 0.00558. The third-order valence-electron chi connectivity index (χ3n) is 2.89. The van der Waals surface area contributed by atoms with Crippen molar-refractivity contribution in [2.75, 3.05) is 18.0 Å². The predicted octanol–water partition coefficient (Wildman–Crippen LogP) is 3.39. The zero-order valence-corrected chi connectivity index (χ0v) is 11.3. The zero-order valence-electron chi connectivity index (χ0n) is 9.68. The maximum atomic E-state index is 13.8. The normalized spacial score (nSPS) is 18.6. The van der Waals surface area contributed by atoms with Crippen LogP contribution in [-0.4, -0.2) is 19.0 Å². The second-order valence-corrected chi connectivity index (χ2v) is 5.06. The number of benzene rings is 1. The van der Waals surface area contributed by atoms with E-state index in [4.69, 9.17) is 5.53 Å². The highest BCUT2D eigenvalue weighted by Crippen LogP contribution is 2.31. The van der Waals surface area contributed by atoms with Gasteiger partial charge >= 0.3 is 0 Å². The Morgan fingerprint density at radius 2 is 2.21 bits per heavy atom. The highest BCUT2D eigenvalue weighted by Gasteiger charge is 2.32. The van der Waals surface area contributed by atoms with Crippen LogP contribution >= 0.6 is 15.9 Å². The van der Waals surface area contributed by atoms with Gasteiger partial charge in [-0.25, -0.2) is 8.78 Å². The smallest absolute Gasteiger partial charge is 0.227 e. The molecule has 1 unspecified atom stereocenters. The monoisotopic (exact) mass is 330 g/mol. The molecule has 0 aliphatic carbocycles. The Bertz CT molecular complexity index is 574. The van der Waals surface area contributed by atoms with E-state index in [1.54, 1.807) is 0 Å². The van der Waals surface area contributed by atoms with Crippen molar-refractivity contribution >= 4 is 27.5 Å². The number of hydrogen-bond donors (Lipinski definition) is 0. The maximum Gasteiger partial charge on any atom is 0.227 e.